The van der Waals surface area contributed by atoms with Crippen molar-refractivity contribution >= 4 is 0 Å². The van der Waals surface area contributed by atoms with Crippen LogP contribution in [0.15, 0.2) is 0 Å². The molecule has 2 nitrogen and oxygen atoms in total. The van der Waals surface area contributed by atoms with Crippen molar-refractivity contribution in [3.05, 3.63) is 0 Å². The Bertz CT molecular complexity index is 289. The Morgan fingerprint density at radius 2 is 1.60 bits per heavy atom. The zero-order valence-corrected chi connectivity index (χ0v) is 14.0. The molecular formula is C18H35NO. The van der Waals surface area contributed by atoms with Gasteiger partial charge in [-0.1, -0.05) is 53.4 Å². The highest BCUT2D eigenvalue weighted by molar-refractivity contribution is 4.92. The highest BCUT2D eigenvalue weighted by atomic mass is 16.3. The number of hydrogen-bond donors (Lipinski definition) is 2. The van der Waals surface area contributed by atoms with Gasteiger partial charge in [0.25, 0.3) is 0 Å². The van der Waals surface area contributed by atoms with Crippen LogP contribution >= 0.6 is 0 Å². The highest BCUT2D eigenvalue weighted by Crippen LogP contribution is 2.45. The summed E-state index contributed by atoms with van der Waals surface area (Å²) >= 11 is 0. The lowest BCUT2D eigenvalue weighted by molar-refractivity contribution is 0.0724. The van der Waals surface area contributed by atoms with Crippen molar-refractivity contribution in [2.75, 3.05) is 6.54 Å². The summed E-state index contributed by atoms with van der Waals surface area (Å²) in [5.74, 6) is 0.783. The summed E-state index contributed by atoms with van der Waals surface area (Å²) in [7, 11) is 0. The minimum Gasteiger partial charge on any atom is -0.392 e. The van der Waals surface area contributed by atoms with Gasteiger partial charge in [-0.3, -0.25) is 0 Å². The van der Waals surface area contributed by atoms with Gasteiger partial charge in [0.15, 0.2) is 0 Å². The fourth-order valence-corrected chi connectivity index (χ4v) is 5.01. The molecule has 118 valence electrons. The van der Waals surface area contributed by atoms with Gasteiger partial charge >= 0.3 is 0 Å². The first-order valence-corrected chi connectivity index (χ1v) is 8.67. The maximum atomic E-state index is 10.2. The minimum atomic E-state index is -0.147. The molecule has 2 rings (SSSR count). The van der Waals surface area contributed by atoms with Gasteiger partial charge in [-0.2, -0.15) is 0 Å². The summed E-state index contributed by atoms with van der Waals surface area (Å²) in [5.41, 5.74) is 0.853. The van der Waals surface area contributed by atoms with E-state index in [1.54, 1.807) is 0 Å². The number of rotatable bonds is 5. The molecule has 0 bridgehead atoms. The Balaban J connectivity index is 1.74. The molecule has 20 heavy (non-hydrogen) atoms. The lowest BCUT2D eigenvalue weighted by atomic mass is 9.63. The van der Waals surface area contributed by atoms with Gasteiger partial charge in [0, 0.05) is 12.6 Å². The minimum absolute atomic E-state index is 0.147. The van der Waals surface area contributed by atoms with Gasteiger partial charge in [-0.25, -0.2) is 0 Å². The van der Waals surface area contributed by atoms with E-state index in [9.17, 15) is 5.11 Å². The summed E-state index contributed by atoms with van der Waals surface area (Å²) in [4.78, 5) is 0. The summed E-state index contributed by atoms with van der Waals surface area (Å²) < 4.78 is 0. The van der Waals surface area contributed by atoms with Crippen molar-refractivity contribution in [1.29, 1.82) is 0 Å². The number of aliphatic hydroxyl groups is 1. The van der Waals surface area contributed by atoms with Gasteiger partial charge in [0.1, 0.15) is 0 Å². The molecule has 0 amide bonds. The van der Waals surface area contributed by atoms with Crippen molar-refractivity contribution in [3.8, 4) is 0 Å². The monoisotopic (exact) mass is 281 g/mol. The smallest absolute Gasteiger partial charge is 0.0667 e. The largest absolute Gasteiger partial charge is 0.392 e. The maximum absolute atomic E-state index is 10.2. The van der Waals surface area contributed by atoms with Crippen LogP contribution in [0.2, 0.25) is 0 Å². The molecule has 2 aliphatic rings. The van der Waals surface area contributed by atoms with Crippen LogP contribution in [-0.4, -0.2) is 23.8 Å². The Morgan fingerprint density at radius 1 is 1.05 bits per heavy atom. The lowest BCUT2D eigenvalue weighted by Gasteiger charge is -2.45. The van der Waals surface area contributed by atoms with Crippen LogP contribution in [0.5, 0.6) is 0 Å². The third kappa shape index (κ3) is 5.04. The molecule has 0 aromatic heterocycles. The molecule has 2 heteroatoms. The van der Waals surface area contributed by atoms with E-state index in [4.69, 9.17) is 0 Å². The van der Waals surface area contributed by atoms with Crippen molar-refractivity contribution in [2.24, 2.45) is 16.7 Å². The van der Waals surface area contributed by atoms with E-state index in [2.05, 4.69) is 33.0 Å². The van der Waals surface area contributed by atoms with E-state index in [1.165, 1.54) is 44.9 Å². The van der Waals surface area contributed by atoms with Crippen molar-refractivity contribution < 1.29 is 5.11 Å². The zero-order chi connectivity index (χ0) is 14.8. The molecule has 0 aliphatic heterocycles. The van der Waals surface area contributed by atoms with Crippen LogP contribution in [0.3, 0.4) is 0 Å². The van der Waals surface area contributed by atoms with E-state index in [0.29, 0.717) is 16.9 Å². The third-order valence-electron chi connectivity index (χ3n) is 5.28. The number of nitrogens with one attached hydrogen (secondary N) is 1. The van der Waals surface area contributed by atoms with E-state index in [1.807, 2.05) is 0 Å². The summed E-state index contributed by atoms with van der Waals surface area (Å²) in [6.45, 7) is 10.3. The van der Waals surface area contributed by atoms with E-state index in [-0.39, 0.29) is 6.10 Å². The van der Waals surface area contributed by atoms with Gasteiger partial charge in [0.2, 0.25) is 0 Å². The number of aliphatic hydroxyl groups excluding tert-OH is 1. The molecule has 0 saturated heterocycles. The molecule has 0 radical (unpaired) electrons. The van der Waals surface area contributed by atoms with Crippen molar-refractivity contribution in [3.63, 3.8) is 0 Å². The third-order valence-corrected chi connectivity index (χ3v) is 5.28. The topological polar surface area (TPSA) is 32.3 Å². The van der Waals surface area contributed by atoms with E-state index in [0.717, 1.165) is 18.9 Å². The average Bonchev–Trinajstić information content (AvgIpc) is 2.75. The highest BCUT2D eigenvalue weighted by Gasteiger charge is 2.38. The fraction of sp³-hybridized carbons (Fsp3) is 1.00. The van der Waals surface area contributed by atoms with Crippen LogP contribution < -0.4 is 5.32 Å². The molecule has 1 atom stereocenters. The average molecular weight is 281 g/mol. The van der Waals surface area contributed by atoms with Gasteiger partial charge < -0.3 is 10.4 Å². The summed E-state index contributed by atoms with van der Waals surface area (Å²) in [6.07, 6.45) is 10.1. The van der Waals surface area contributed by atoms with Gasteiger partial charge in [0.05, 0.1) is 6.10 Å². The second-order valence-electron chi connectivity index (χ2n) is 9.06. The quantitative estimate of drug-likeness (QED) is 0.794. The van der Waals surface area contributed by atoms with Crippen LogP contribution in [-0.2, 0) is 0 Å². The predicted molar refractivity (Wildman–Crippen MR) is 85.8 cm³/mol. The molecule has 2 aliphatic carbocycles. The SMILES string of the molecule is CC1(C)CC(NCC(O)CC2CCCC2)CC(C)(C)C1. The van der Waals surface area contributed by atoms with Crippen molar-refractivity contribution in [1.82, 2.24) is 5.32 Å². The zero-order valence-electron chi connectivity index (χ0n) is 14.0. The molecule has 2 fully saturated rings. The van der Waals surface area contributed by atoms with E-state index < -0.39 is 0 Å². The first-order chi connectivity index (χ1) is 9.26. The molecular weight excluding hydrogens is 246 g/mol. The molecule has 1 unspecified atom stereocenters. The van der Waals surface area contributed by atoms with Crippen LogP contribution in [0.4, 0.5) is 0 Å². The summed E-state index contributed by atoms with van der Waals surface area (Å²) in [6, 6.07) is 0.576. The Morgan fingerprint density at radius 3 is 2.15 bits per heavy atom. The first kappa shape index (κ1) is 16.3. The van der Waals surface area contributed by atoms with Gasteiger partial charge in [-0.05, 0) is 42.4 Å². The van der Waals surface area contributed by atoms with Crippen LogP contribution in [0.1, 0.15) is 79.1 Å². The second kappa shape index (κ2) is 6.36. The molecule has 0 aromatic rings. The molecule has 0 spiro atoms. The summed E-state index contributed by atoms with van der Waals surface area (Å²) in [5, 5.41) is 13.9. The lowest BCUT2D eigenvalue weighted by Crippen LogP contribution is -2.46. The van der Waals surface area contributed by atoms with Gasteiger partial charge in [-0.15, -0.1) is 0 Å². The molecule has 0 heterocycles. The van der Waals surface area contributed by atoms with Crippen molar-refractivity contribution in [2.45, 2.75) is 91.2 Å². The standard InChI is InChI=1S/C18H35NO/c1-17(2)10-15(11-18(3,4)13-17)19-12-16(20)9-14-7-5-6-8-14/h14-16,19-20H,5-13H2,1-4H3. The van der Waals surface area contributed by atoms with Crippen LogP contribution in [0.25, 0.3) is 0 Å². The van der Waals surface area contributed by atoms with Crippen LogP contribution in [0, 0.1) is 16.7 Å². The Kier molecular flexibility index (Phi) is 5.18. The normalized spacial score (nSPS) is 28.6. The molecule has 2 N–H and O–H groups in total. The number of hydrogen-bond acceptors (Lipinski definition) is 2. The Hall–Kier alpha value is -0.0800. The van der Waals surface area contributed by atoms with E-state index >= 15 is 0 Å². The predicted octanol–water partition coefficient (Wildman–Crippen LogP) is 4.12. The molecule has 0 aromatic carbocycles. The second-order valence-corrected chi connectivity index (χ2v) is 9.06. The Labute approximate surface area is 125 Å². The first-order valence-electron chi connectivity index (χ1n) is 8.67. The fourth-order valence-electron chi connectivity index (χ4n) is 5.01. The molecule has 2 saturated carbocycles. The maximum Gasteiger partial charge on any atom is 0.0667 e.